The van der Waals surface area contributed by atoms with E-state index in [0.29, 0.717) is 12.8 Å². The first-order valence-electron chi connectivity index (χ1n) is 6.28. The Morgan fingerprint density at radius 2 is 1.89 bits per heavy atom. The Morgan fingerprint density at radius 3 is 2.50 bits per heavy atom. The number of benzene rings is 1. The fraction of sp³-hybridized carbons (Fsp3) is 0.571. The van der Waals surface area contributed by atoms with E-state index in [4.69, 9.17) is 5.73 Å². The van der Waals surface area contributed by atoms with Gasteiger partial charge in [0.2, 0.25) is 5.92 Å². The van der Waals surface area contributed by atoms with Crippen LogP contribution in [0.15, 0.2) is 18.2 Å². The zero-order chi connectivity index (χ0) is 13.3. The molecule has 1 aromatic carbocycles. The fourth-order valence-corrected chi connectivity index (χ4v) is 2.65. The average Bonchev–Trinajstić information content (AvgIpc) is 2.31. The second kappa shape index (κ2) is 4.92. The molecular weight excluding hydrogens is 239 g/mol. The summed E-state index contributed by atoms with van der Waals surface area (Å²) in [5.74, 6) is -2.86. The number of halogens is 3. The van der Waals surface area contributed by atoms with Crippen LogP contribution in [0.1, 0.15) is 42.9 Å². The first-order valence-corrected chi connectivity index (χ1v) is 6.28. The van der Waals surface area contributed by atoms with Gasteiger partial charge in [-0.25, -0.2) is 13.2 Å². The Hall–Kier alpha value is -1.03. The Labute approximate surface area is 105 Å². The molecule has 1 nitrogen and oxygen atoms in total. The van der Waals surface area contributed by atoms with Gasteiger partial charge in [-0.15, -0.1) is 0 Å². The third-order valence-corrected chi connectivity index (χ3v) is 3.87. The molecule has 0 aromatic heterocycles. The van der Waals surface area contributed by atoms with E-state index in [-0.39, 0.29) is 30.6 Å². The highest BCUT2D eigenvalue weighted by molar-refractivity contribution is 5.29. The summed E-state index contributed by atoms with van der Waals surface area (Å²) in [7, 11) is 0. The molecule has 18 heavy (non-hydrogen) atoms. The molecule has 0 bridgehead atoms. The molecule has 0 amide bonds. The lowest BCUT2D eigenvalue weighted by molar-refractivity contribution is -0.0483. The molecule has 1 atom stereocenters. The number of aryl methyl sites for hydroxylation is 1. The highest BCUT2D eigenvalue weighted by atomic mass is 19.3. The van der Waals surface area contributed by atoms with Gasteiger partial charge in [0.15, 0.2) is 0 Å². The summed E-state index contributed by atoms with van der Waals surface area (Å²) >= 11 is 0. The van der Waals surface area contributed by atoms with Gasteiger partial charge in [-0.3, -0.25) is 0 Å². The van der Waals surface area contributed by atoms with Crippen LogP contribution in [0, 0.1) is 18.7 Å². The van der Waals surface area contributed by atoms with Crippen LogP contribution in [0.5, 0.6) is 0 Å². The van der Waals surface area contributed by atoms with Gasteiger partial charge in [0.25, 0.3) is 0 Å². The van der Waals surface area contributed by atoms with Crippen molar-refractivity contribution in [2.24, 2.45) is 11.7 Å². The van der Waals surface area contributed by atoms with Crippen molar-refractivity contribution in [2.75, 3.05) is 0 Å². The molecule has 4 heteroatoms. The summed E-state index contributed by atoms with van der Waals surface area (Å²) in [5, 5.41) is 0. The molecule has 0 heterocycles. The number of hydrogen-bond acceptors (Lipinski definition) is 1. The lowest BCUT2D eigenvalue weighted by Gasteiger charge is -2.32. The van der Waals surface area contributed by atoms with Gasteiger partial charge in [-0.05, 0) is 48.9 Å². The second-order valence-electron chi connectivity index (χ2n) is 5.22. The zero-order valence-electron chi connectivity index (χ0n) is 10.4. The third-order valence-electron chi connectivity index (χ3n) is 3.87. The van der Waals surface area contributed by atoms with Crippen LogP contribution in [0.2, 0.25) is 0 Å². The van der Waals surface area contributed by atoms with Crippen molar-refractivity contribution < 1.29 is 13.2 Å². The molecule has 0 spiro atoms. The topological polar surface area (TPSA) is 26.0 Å². The van der Waals surface area contributed by atoms with Crippen molar-refractivity contribution in [1.29, 1.82) is 0 Å². The Balaban J connectivity index is 2.12. The lowest BCUT2D eigenvalue weighted by Crippen LogP contribution is -2.31. The van der Waals surface area contributed by atoms with Crippen molar-refractivity contribution in [3.63, 3.8) is 0 Å². The molecule has 1 aromatic rings. The summed E-state index contributed by atoms with van der Waals surface area (Å²) in [6, 6.07) is 4.15. The van der Waals surface area contributed by atoms with Crippen molar-refractivity contribution >= 4 is 0 Å². The third kappa shape index (κ3) is 2.86. The van der Waals surface area contributed by atoms with Crippen LogP contribution < -0.4 is 5.73 Å². The Bertz CT molecular complexity index is 421. The molecule has 1 aliphatic carbocycles. The first-order chi connectivity index (χ1) is 8.39. The summed E-state index contributed by atoms with van der Waals surface area (Å²) in [4.78, 5) is 0. The normalized spacial score (nSPS) is 21.8. The van der Waals surface area contributed by atoms with E-state index >= 15 is 0 Å². The minimum absolute atomic E-state index is 0.0186. The van der Waals surface area contributed by atoms with Crippen LogP contribution in [0.3, 0.4) is 0 Å². The van der Waals surface area contributed by atoms with Crippen molar-refractivity contribution in [1.82, 2.24) is 0 Å². The van der Waals surface area contributed by atoms with Gasteiger partial charge >= 0.3 is 0 Å². The van der Waals surface area contributed by atoms with Gasteiger partial charge in [0, 0.05) is 18.9 Å². The maximum absolute atomic E-state index is 13.2. The van der Waals surface area contributed by atoms with Gasteiger partial charge in [0.05, 0.1) is 0 Å². The van der Waals surface area contributed by atoms with E-state index < -0.39 is 5.92 Å². The van der Waals surface area contributed by atoms with Crippen LogP contribution in [0.25, 0.3) is 0 Å². The number of hydrogen-bond donors (Lipinski definition) is 1. The standard InChI is InChI=1S/C14H18F3N/c1-9-2-3-11(15)8-12(9)13(18)10-4-6-14(16,17)7-5-10/h2-3,8,10,13H,4-7,18H2,1H3. The lowest BCUT2D eigenvalue weighted by atomic mass is 9.79. The summed E-state index contributed by atoms with van der Waals surface area (Å²) in [6.07, 6.45) is 0.591. The van der Waals surface area contributed by atoms with Crippen LogP contribution >= 0.6 is 0 Å². The van der Waals surface area contributed by atoms with E-state index in [2.05, 4.69) is 0 Å². The summed E-state index contributed by atoms with van der Waals surface area (Å²) < 4.78 is 39.4. The molecule has 0 aliphatic heterocycles. The highest BCUT2D eigenvalue weighted by Crippen LogP contribution is 2.41. The first kappa shape index (κ1) is 13.4. The van der Waals surface area contributed by atoms with Gasteiger partial charge in [-0.2, -0.15) is 0 Å². The van der Waals surface area contributed by atoms with E-state index in [0.717, 1.165) is 11.1 Å². The largest absolute Gasteiger partial charge is 0.324 e. The second-order valence-corrected chi connectivity index (χ2v) is 5.22. The average molecular weight is 257 g/mol. The van der Waals surface area contributed by atoms with Crippen molar-refractivity contribution in [3.8, 4) is 0 Å². The fourth-order valence-electron chi connectivity index (χ4n) is 2.65. The van der Waals surface area contributed by atoms with Crippen LogP contribution in [0.4, 0.5) is 13.2 Å². The van der Waals surface area contributed by atoms with Gasteiger partial charge < -0.3 is 5.73 Å². The molecule has 1 saturated carbocycles. The van der Waals surface area contributed by atoms with Gasteiger partial charge in [-0.1, -0.05) is 6.07 Å². The van der Waals surface area contributed by atoms with Crippen LogP contribution in [-0.4, -0.2) is 5.92 Å². The number of nitrogens with two attached hydrogens (primary N) is 1. The predicted molar refractivity (Wildman–Crippen MR) is 65.0 cm³/mol. The molecule has 1 aliphatic rings. The minimum atomic E-state index is -2.55. The summed E-state index contributed by atoms with van der Waals surface area (Å²) in [6.45, 7) is 1.87. The Morgan fingerprint density at radius 1 is 1.28 bits per heavy atom. The van der Waals surface area contributed by atoms with Crippen molar-refractivity contribution in [3.05, 3.63) is 35.1 Å². The SMILES string of the molecule is Cc1ccc(F)cc1C(N)C1CCC(F)(F)CC1. The van der Waals surface area contributed by atoms with Gasteiger partial charge in [0.1, 0.15) is 5.82 Å². The zero-order valence-corrected chi connectivity index (χ0v) is 10.4. The van der Waals surface area contributed by atoms with E-state index in [1.165, 1.54) is 12.1 Å². The van der Waals surface area contributed by atoms with Crippen molar-refractivity contribution in [2.45, 2.75) is 44.6 Å². The number of alkyl halides is 2. The quantitative estimate of drug-likeness (QED) is 0.852. The maximum atomic E-state index is 13.2. The minimum Gasteiger partial charge on any atom is -0.324 e. The monoisotopic (exact) mass is 257 g/mol. The van der Waals surface area contributed by atoms with E-state index in [9.17, 15) is 13.2 Å². The molecule has 2 N–H and O–H groups in total. The molecule has 100 valence electrons. The molecule has 2 rings (SSSR count). The van der Waals surface area contributed by atoms with Crippen LogP contribution in [-0.2, 0) is 0 Å². The van der Waals surface area contributed by atoms with E-state index in [1.807, 2.05) is 6.92 Å². The smallest absolute Gasteiger partial charge is 0.248 e. The highest BCUT2D eigenvalue weighted by Gasteiger charge is 2.37. The molecule has 1 unspecified atom stereocenters. The molecule has 0 radical (unpaired) electrons. The molecule has 1 fully saturated rings. The Kier molecular flexibility index (Phi) is 3.66. The number of rotatable bonds is 2. The molecule has 0 saturated heterocycles. The molecular formula is C14H18F3N. The summed E-state index contributed by atoms with van der Waals surface area (Å²) in [5.41, 5.74) is 7.78. The van der Waals surface area contributed by atoms with E-state index in [1.54, 1.807) is 6.07 Å². The maximum Gasteiger partial charge on any atom is 0.248 e. The predicted octanol–water partition coefficient (Wildman–Crippen LogP) is 3.96.